The SMILES string of the molecule is COCCOc1ccc(S(=O)(=O)NC2CCCNC2)cc1.Cl. The van der Waals surface area contributed by atoms with Gasteiger partial charge in [0.15, 0.2) is 0 Å². The lowest BCUT2D eigenvalue weighted by molar-refractivity contribution is 0.146. The number of benzene rings is 1. The number of hydrogen-bond donors (Lipinski definition) is 2. The zero-order chi connectivity index (χ0) is 15.1. The van der Waals surface area contributed by atoms with E-state index in [0.717, 1.165) is 19.4 Å². The van der Waals surface area contributed by atoms with Crippen molar-refractivity contribution in [1.82, 2.24) is 10.0 Å². The fourth-order valence-corrected chi connectivity index (χ4v) is 3.47. The van der Waals surface area contributed by atoms with E-state index in [1.54, 1.807) is 31.4 Å². The van der Waals surface area contributed by atoms with Crippen molar-refractivity contribution in [1.29, 1.82) is 0 Å². The van der Waals surface area contributed by atoms with Gasteiger partial charge < -0.3 is 14.8 Å². The van der Waals surface area contributed by atoms with Gasteiger partial charge in [0.2, 0.25) is 10.0 Å². The molecule has 0 spiro atoms. The number of ether oxygens (including phenoxy) is 2. The zero-order valence-electron chi connectivity index (χ0n) is 12.6. The summed E-state index contributed by atoms with van der Waals surface area (Å²) >= 11 is 0. The summed E-state index contributed by atoms with van der Waals surface area (Å²) in [5.74, 6) is 0.630. The van der Waals surface area contributed by atoms with Crippen LogP contribution in [0.25, 0.3) is 0 Å². The zero-order valence-corrected chi connectivity index (χ0v) is 14.2. The molecule has 1 heterocycles. The minimum atomic E-state index is -3.47. The summed E-state index contributed by atoms with van der Waals surface area (Å²) in [5.41, 5.74) is 0. The number of halogens is 1. The molecule has 8 heteroatoms. The van der Waals surface area contributed by atoms with Crippen LogP contribution in [0.5, 0.6) is 5.75 Å². The molecule has 1 aliphatic rings. The Labute approximate surface area is 138 Å². The summed E-state index contributed by atoms with van der Waals surface area (Å²) in [6, 6.07) is 6.38. The Morgan fingerprint density at radius 3 is 2.59 bits per heavy atom. The molecule has 1 saturated heterocycles. The third kappa shape index (κ3) is 5.73. The highest BCUT2D eigenvalue weighted by atomic mass is 35.5. The minimum Gasteiger partial charge on any atom is -0.491 e. The molecule has 126 valence electrons. The highest BCUT2D eigenvalue weighted by Gasteiger charge is 2.21. The predicted octanol–water partition coefficient (Wildman–Crippen LogP) is 1.16. The van der Waals surface area contributed by atoms with Crippen LogP contribution < -0.4 is 14.8 Å². The number of hydrogen-bond acceptors (Lipinski definition) is 5. The average Bonchev–Trinajstić information content (AvgIpc) is 2.49. The Balaban J connectivity index is 0.00000242. The van der Waals surface area contributed by atoms with E-state index in [0.29, 0.717) is 25.5 Å². The quantitative estimate of drug-likeness (QED) is 0.722. The van der Waals surface area contributed by atoms with E-state index in [9.17, 15) is 8.42 Å². The van der Waals surface area contributed by atoms with Crippen LogP contribution in [-0.4, -0.2) is 47.9 Å². The maximum atomic E-state index is 12.3. The molecular weight excluding hydrogens is 328 g/mol. The predicted molar refractivity (Wildman–Crippen MR) is 87.3 cm³/mol. The molecule has 1 aromatic rings. The molecule has 1 aliphatic heterocycles. The summed E-state index contributed by atoms with van der Waals surface area (Å²) in [7, 11) is -1.87. The molecule has 0 saturated carbocycles. The van der Waals surface area contributed by atoms with Gasteiger partial charge in [-0.25, -0.2) is 13.1 Å². The van der Waals surface area contributed by atoms with Crippen molar-refractivity contribution in [2.24, 2.45) is 0 Å². The Kier molecular flexibility index (Phi) is 8.13. The van der Waals surface area contributed by atoms with E-state index >= 15 is 0 Å². The highest BCUT2D eigenvalue weighted by molar-refractivity contribution is 7.89. The Bertz CT molecular complexity index is 530. The molecule has 1 unspecified atom stereocenters. The molecule has 0 amide bonds. The summed E-state index contributed by atoms with van der Waals surface area (Å²) in [5, 5.41) is 3.19. The third-order valence-electron chi connectivity index (χ3n) is 3.31. The van der Waals surface area contributed by atoms with Crippen molar-refractivity contribution >= 4 is 22.4 Å². The van der Waals surface area contributed by atoms with Gasteiger partial charge >= 0.3 is 0 Å². The van der Waals surface area contributed by atoms with E-state index in [2.05, 4.69) is 10.0 Å². The fourth-order valence-electron chi connectivity index (χ4n) is 2.20. The van der Waals surface area contributed by atoms with E-state index in [4.69, 9.17) is 9.47 Å². The molecular formula is C14H23ClN2O4S. The van der Waals surface area contributed by atoms with Crippen LogP contribution in [0.3, 0.4) is 0 Å². The number of piperidine rings is 1. The number of sulfonamides is 1. The molecule has 0 aromatic heterocycles. The van der Waals surface area contributed by atoms with Crippen molar-refractivity contribution < 1.29 is 17.9 Å². The summed E-state index contributed by atoms with van der Waals surface area (Å²) in [6.45, 7) is 2.56. The van der Waals surface area contributed by atoms with Crippen LogP contribution >= 0.6 is 12.4 Å². The van der Waals surface area contributed by atoms with Gasteiger partial charge in [0.25, 0.3) is 0 Å². The average molecular weight is 351 g/mol. The maximum Gasteiger partial charge on any atom is 0.240 e. The van der Waals surface area contributed by atoms with Crippen molar-refractivity contribution in [3.63, 3.8) is 0 Å². The second-order valence-electron chi connectivity index (χ2n) is 4.98. The molecule has 1 atom stereocenters. The van der Waals surface area contributed by atoms with E-state index in [1.807, 2.05) is 0 Å². The third-order valence-corrected chi connectivity index (χ3v) is 4.85. The molecule has 0 bridgehead atoms. The van der Waals surface area contributed by atoms with Gasteiger partial charge in [-0.2, -0.15) is 0 Å². The molecule has 6 nitrogen and oxygen atoms in total. The summed E-state index contributed by atoms with van der Waals surface area (Å²) < 4.78 is 37.6. The molecule has 2 N–H and O–H groups in total. The lowest BCUT2D eigenvalue weighted by Gasteiger charge is -2.23. The normalized spacial score (nSPS) is 18.5. The van der Waals surface area contributed by atoms with Gasteiger partial charge in [0.05, 0.1) is 11.5 Å². The van der Waals surface area contributed by atoms with Gasteiger partial charge in [-0.3, -0.25) is 0 Å². The van der Waals surface area contributed by atoms with Gasteiger partial charge in [-0.05, 0) is 43.7 Å². The standard InChI is InChI=1S/C14H22N2O4S.ClH/c1-19-9-10-20-13-4-6-14(7-5-13)21(17,18)16-12-3-2-8-15-11-12;/h4-7,12,15-16H,2-3,8-11H2,1H3;1H. The first-order valence-electron chi connectivity index (χ1n) is 7.06. The maximum absolute atomic E-state index is 12.3. The van der Waals surface area contributed by atoms with Gasteiger partial charge in [0, 0.05) is 19.7 Å². The smallest absolute Gasteiger partial charge is 0.240 e. The second kappa shape index (κ2) is 9.32. The summed E-state index contributed by atoms with van der Waals surface area (Å²) in [6.07, 6.45) is 1.85. The molecule has 1 aromatic carbocycles. The first-order valence-corrected chi connectivity index (χ1v) is 8.55. The number of rotatable bonds is 7. The van der Waals surface area contributed by atoms with Crippen LogP contribution in [0.4, 0.5) is 0 Å². The fraction of sp³-hybridized carbons (Fsp3) is 0.571. The molecule has 22 heavy (non-hydrogen) atoms. The van der Waals surface area contributed by atoms with Gasteiger partial charge in [-0.15, -0.1) is 12.4 Å². The van der Waals surface area contributed by atoms with E-state index in [-0.39, 0.29) is 23.3 Å². The van der Waals surface area contributed by atoms with E-state index < -0.39 is 10.0 Å². The lowest BCUT2D eigenvalue weighted by atomic mass is 10.1. The topological polar surface area (TPSA) is 76.7 Å². The van der Waals surface area contributed by atoms with Crippen molar-refractivity contribution in [2.75, 3.05) is 33.4 Å². The van der Waals surface area contributed by atoms with Crippen LogP contribution in [-0.2, 0) is 14.8 Å². The number of methoxy groups -OCH3 is 1. The monoisotopic (exact) mass is 350 g/mol. The van der Waals surface area contributed by atoms with Crippen molar-refractivity contribution in [3.05, 3.63) is 24.3 Å². The van der Waals surface area contributed by atoms with Crippen LogP contribution in [0.15, 0.2) is 29.2 Å². The Hall–Kier alpha value is -0.860. The largest absolute Gasteiger partial charge is 0.491 e. The van der Waals surface area contributed by atoms with Crippen LogP contribution in [0.2, 0.25) is 0 Å². The first-order chi connectivity index (χ1) is 10.1. The van der Waals surface area contributed by atoms with Crippen molar-refractivity contribution in [3.8, 4) is 5.75 Å². The summed E-state index contributed by atoms with van der Waals surface area (Å²) in [4.78, 5) is 0.257. The highest BCUT2D eigenvalue weighted by Crippen LogP contribution is 2.17. The lowest BCUT2D eigenvalue weighted by Crippen LogP contribution is -2.45. The molecule has 0 radical (unpaired) electrons. The van der Waals surface area contributed by atoms with Crippen LogP contribution in [0, 0.1) is 0 Å². The number of nitrogens with one attached hydrogen (secondary N) is 2. The molecule has 0 aliphatic carbocycles. The minimum absolute atomic E-state index is 0. The second-order valence-corrected chi connectivity index (χ2v) is 6.69. The molecule has 1 fully saturated rings. The Morgan fingerprint density at radius 2 is 2.00 bits per heavy atom. The van der Waals surface area contributed by atoms with Crippen molar-refractivity contribution in [2.45, 2.75) is 23.8 Å². The van der Waals surface area contributed by atoms with Gasteiger partial charge in [0.1, 0.15) is 12.4 Å². The molecule has 2 rings (SSSR count). The van der Waals surface area contributed by atoms with E-state index in [1.165, 1.54) is 0 Å². The van der Waals surface area contributed by atoms with Gasteiger partial charge in [-0.1, -0.05) is 0 Å². The first kappa shape index (κ1) is 19.2. The van der Waals surface area contributed by atoms with Crippen LogP contribution in [0.1, 0.15) is 12.8 Å². The Morgan fingerprint density at radius 1 is 1.27 bits per heavy atom.